The molecule has 1 saturated carbocycles. The van der Waals surface area contributed by atoms with Crippen LogP contribution in [0.3, 0.4) is 0 Å². The average molecular weight is 259 g/mol. The minimum atomic E-state index is 0.311. The van der Waals surface area contributed by atoms with Crippen LogP contribution < -0.4 is 0 Å². The van der Waals surface area contributed by atoms with Crippen LogP contribution in [0.1, 0.15) is 44.6 Å². The summed E-state index contributed by atoms with van der Waals surface area (Å²) in [4.78, 5) is 16.1. The molecule has 1 aromatic heterocycles. The van der Waals surface area contributed by atoms with Gasteiger partial charge in [-0.1, -0.05) is 13.3 Å². The molecule has 0 N–H and O–H groups in total. The van der Waals surface area contributed by atoms with Crippen LogP contribution in [0.5, 0.6) is 0 Å². The molecule has 1 fully saturated rings. The number of hydrogen-bond donors (Lipinski definition) is 0. The molecule has 0 radical (unpaired) electrons. The van der Waals surface area contributed by atoms with E-state index >= 15 is 0 Å². The number of pyridine rings is 1. The summed E-state index contributed by atoms with van der Waals surface area (Å²) >= 11 is 0. The van der Waals surface area contributed by atoms with Gasteiger partial charge in [0, 0.05) is 35.5 Å². The van der Waals surface area contributed by atoms with Gasteiger partial charge >= 0.3 is 0 Å². The molecule has 0 amide bonds. The molecule has 0 bridgehead atoms. The molecule has 0 spiro atoms. The van der Waals surface area contributed by atoms with Gasteiger partial charge in [-0.3, -0.25) is 9.78 Å². The van der Waals surface area contributed by atoms with Gasteiger partial charge in [0.25, 0.3) is 0 Å². The maximum atomic E-state index is 12.1. The van der Waals surface area contributed by atoms with Crippen molar-refractivity contribution in [2.45, 2.75) is 45.4 Å². The van der Waals surface area contributed by atoms with Crippen LogP contribution in [0.2, 0.25) is 0 Å². The van der Waals surface area contributed by atoms with Crippen molar-refractivity contribution in [2.24, 2.45) is 11.8 Å². The van der Waals surface area contributed by atoms with Crippen LogP contribution in [0.25, 0.3) is 0 Å². The van der Waals surface area contributed by atoms with E-state index in [4.69, 9.17) is 10.8 Å². The van der Waals surface area contributed by atoms with Crippen molar-refractivity contribution in [1.82, 2.24) is 4.98 Å². The molecule has 1 aromatic rings. The van der Waals surface area contributed by atoms with Gasteiger partial charge in [-0.25, -0.2) is 0 Å². The Balaban J connectivity index is 0.000000861. The smallest absolute Gasteiger partial charge is 0.140 e. The standard InChI is InChI=1S/C15H21NO.N2/c1-2-12-3-5-14(6-4-12)15(17)11-13-7-9-16-10-8-13;1-2/h7-10,12,14H,2-6,11H2,1H3;. The summed E-state index contributed by atoms with van der Waals surface area (Å²) in [6.07, 6.45) is 10.1. The largest absolute Gasteiger partial charge is 0.299 e. The third-order valence-corrected chi connectivity index (χ3v) is 4.01. The Morgan fingerprint density at radius 3 is 2.32 bits per heavy atom. The molecule has 1 aliphatic rings. The van der Waals surface area contributed by atoms with E-state index in [-0.39, 0.29) is 0 Å². The molecule has 0 aliphatic heterocycles. The highest BCUT2D eigenvalue weighted by molar-refractivity contribution is 5.83. The Labute approximate surface area is 114 Å². The normalized spacial score (nSPS) is 22.1. The fourth-order valence-corrected chi connectivity index (χ4v) is 2.74. The Morgan fingerprint density at radius 1 is 1.21 bits per heavy atom. The summed E-state index contributed by atoms with van der Waals surface area (Å²) in [6, 6.07) is 3.88. The summed E-state index contributed by atoms with van der Waals surface area (Å²) in [5.41, 5.74) is 1.10. The van der Waals surface area contributed by atoms with E-state index in [1.54, 1.807) is 12.4 Å². The van der Waals surface area contributed by atoms with E-state index in [9.17, 15) is 4.79 Å². The van der Waals surface area contributed by atoms with Gasteiger partial charge in [0.2, 0.25) is 0 Å². The second kappa shape index (κ2) is 8.36. The zero-order valence-corrected chi connectivity index (χ0v) is 11.5. The number of nitrogens with zero attached hydrogens (tertiary/aromatic N) is 3. The van der Waals surface area contributed by atoms with E-state index in [1.807, 2.05) is 12.1 Å². The zero-order chi connectivity index (χ0) is 14.1. The molecule has 0 aromatic carbocycles. The zero-order valence-electron chi connectivity index (χ0n) is 11.5. The van der Waals surface area contributed by atoms with Gasteiger partial charge in [0.05, 0.1) is 0 Å². The number of aromatic nitrogens is 1. The van der Waals surface area contributed by atoms with Gasteiger partial charge in [-0.2, -0.15) is 0 Å². The highest BCUT2D eigenvalue weighted by Gasteiger charge is 2.25. The van der Waals surface area contributed by atoms with E-state index in [0.29, 0.717) is 18.1 Å². The highest BCUT2D eigenvalue weighted by atomic mass is 16.1. The minimum absolute atomic E-state index is 0.311. The molecule has 102 valence electrons. The third kappa shape index (κ3) is 4.78. The van der Waals surface area contributed by atoms with Crippen molar-refractivity contribution in [3.05, 3.63) is 30.1 Å². The van der Waals surface area contributed by atoms with E-state index < -0.39 is 0 Å². The van der Waals surface area contributed by atoms with Crippen molar-refractivity contribution in [1.29, 1.82) is 10.8 Å². The van der Waals surface area contributed by atoms with Crippen LogP contribution >= 0.6 is 0 Å². The molecule has 4 heteroatoms. The summed E-state index contributed by atoms with van der Waals surface area (Å²) < 4.78 is 0. The molecule has 4 nitrogen and oxygen atoms in total. The first-order valence-electron chi connectivity index (χ1n) is 6.91. The number of Topliss-reactive ketones (excluding diaryl/α,β-unsaturated/α-hetero) is 1. The molecule has 19 heavy (non-hydrogen) atoms. The second-order valence-corrected chi connectivity index (χ2v) is 5.12. The highest BCUT2D eigenvalue weighted by Crippen LogP contribution is 2.31. The molecule has 1 aliphatic carbocycles. The van der Waals surface area contributed by atoms with Crippen LogP contribution in [0, 0.1) is 22.6 Å². The quantitative estimate of drug-likeness (QED) is 0.776. The number of ketones is 1. The first-order chi connectivity index (χ1) is 9.29. The Morgan fingerprint density at radius 2 is 1.79 bits per heavy atom. The molecule has 0 saturated heterocycles. The van der Waals surface area contributed by atoms with E-state index in [2.05, 4.69) is 11.9 Å². The Kier molecular flexibility index (Phi) is 6.73. The van der Waals surface area contributed by atoms with Gasteiger partial charge < -0.3 is 0 Å². The summed E-state index contributed by atoms with van der Waals surface area (Å²) in [5, 5.41) is 12.0. The molecule has 2 rings (SSSR count). The SMILES string of the molecule is CCC1CCC(C(=O)Cc2ccncc2)CC1.N#N. The van der Waals surface area contributed by atoms with Crippen LogP contribution in [0.15, 0.2) is 24.5 Å². The molecule has 1 heterocycles. The molecule has 0 unspecified atom stereocenters. The monoisotopic (exact) mass is 259 g/mol. The Bertz CT molecular complexity index is 394. The Hall–Kier alpha value is -1.76. The van der Waals surface area contributed by atoms with Gasteiger partial charge in [0.15, 0.2) is 0 Å². The number of carbonyl (C=O) groups is 1. The first kappa shape index (κ1) is 15.3. The van der Waals surface area contributed by atoms with Crippen LogP contribution in [-0.4, -0.2) is 10.8 Å². The number of hydrogen-bond acceptors (Lipinski definition) is 4. The molecular formula is C15H21N3O. The van der Waals surface area contributed by atoms with Crippen molar-refractivity contribution in [3.63, 3.8) is 0 Å². The average Bonchev–Trinajstić information content (AvgIpc) is 2.50. The topological polar surface area (TPSA) is 77.5 Å². The number of rotatable bonds is 4. The summed E-state index contributed by atoms with van der Waals surface area (Å²) in [7, 11) is 0. The lowest BCUT2D eigenvalue weighted by molar-refractivity contribution is -0.123. The van der Waals surface area contributed by atoms with Gasteiger partial charge in [-0.05, 0) is 49.3 Å². The lowest BCUT2D eigenvalue weighted by atomic mass is 9.78. The number of carbonyl (C=O) groups excluding carboxylic acids is 1. The van der Waals surface area contributed by atoms with Crippen LogP contribution in [0.4, 0.5) is 0 Å². The van der Waals surface area contributed by atoms with Gasteiger partial charge in [-0.15, -0.1) is 0 Å². The summed E-state index contributed by atoms with van der Waals surface area (Å²) in [6.45, 7) is 2.25. The van der Waals surface area contributed by atoms with Gasteiger partial charge in [0.1, 0.15) is 5.78 Å². The second-order valence-electron chi connectivity index (χ2n) is 5.12. The van der Waals surface area contributed by atoms with Crippen molar-refractivity contribution in [3.8, 4) is 0 Å². The molecular weight excluding hydrogens is 238 g/mol. The fraction of sp³-hybridized carbons (Fsp3) is 0.600. The molecule has 0 atom stereocenters. The minimum Gasteiger partial charge on any atom is -0.299 e. The predicted molar refractivity (Wildman–Crippen MR) is 72.1 cm³/mol. The maximum Gasteiger partial charge on any atom is 0.140 e. The van der Waals surface area contributed by atoms with Crippen molar-refractivity contribution in [2.75, 3.05) is 0 Å². The van der Waals surface area contributed by atoms with E-state index in [0.717, 1.165) is 24.3 Å². The summed E-state index contributed by atoms with van der Waals surface area (Å²) in [5.74, 6) is 1.59. The predicted octanol–water partition coefficient (Wildman–Crippen LogP) is 3.44. The fourth-order valence-electron chi connectivity index (χ4n) is 2.74. The lowest BCUT2D eigenvalue weighted by Crippen LogP contribution is -2.23. The van der Waals surface area contributed by atoms with Crippen molar-refractivity contribution >= 4 is 5.78 Å². The van der Waals surface area contributed by atoms with Crippen LogP contribution in [-0.2, 0) is 11.2 Å². The van der Waals surface area contributed by atoms with E-state index in [1.165, 1.54) is 19.3 Å². The van der Waals surface area contributed by atoms with Crippen molar-refractivity contribution < 1.29 is 4.79 Å². The third-order valence-electron chi connectivity index (χ3n) is 4.01. The lowest BCUT2D eigenvalue weighted by Gasteiger charge is -2.26. The first-order valence-corrected chi connectivity index (χ1v) is 6.91. The maximum absolute atomic E-state index is 12.1.